The zero-order chi connectivity index (χ0) is 20.9. The number of aryl methyl sites for hydroxylation is 2. The van der Waals surface area contributed by atoms with E-state index in [1.54, 1.807) is 6.20 Å². The van der Waals surface area contributed by atoms with Gasteiger partial charge in [-0.15, -0.1) is 0 Å². The Labute approximate surface area is 175 Å². The first-order valence-electron chi connectivity index (χ1n) is 9.98. The predicted octanol–water partition coefficient (Wildman–Crippen LogP) is 5.44. The van der Waals surface area contributed by atoms with Crippen LogP contribution in [-0.2, 0) is 17.6 Å². The quantitative estimate of drug-likeness (QED) is 0.425. The standard InChI is InChI=1S/C25H23NO4/c1-17-20(16-23(30-17)18-6-3-2-4-7-18)13-15-29-22-12-14-26-25-19(10-11-24(27)28)8-5-9-21(22)25/h2-9,12,14,16H,10-11,13,15H2,1H3,(H,27,28). The zero-order valence-corrected chi connectivity index (χ0v) is 16.8. The number of carboxylic acids is 1. The number of rotatable bonds is 8. The number of benzene rings is 2. The molecule has 0 aliphatic heterocycles. The number of fused-ring (bicyclic) bond motifs is 1. The summed E-state index contributed by atoms with van der Waals surface area (Å²) in [6.45, 7) is 2.48. The molecule has 2 aromatic carbocycles. The third-order valence-electron chi connectivity index (χ3n) is 5.13. The second kappa shape index (κ2) is 8.82. The first-order chi connectivity index (χ1) is 14.6. The summed E-state index contributed by atoms with van der Waals surface area (Å²) in [6, 6.07) is 19.8. The topological polar surface area (TPSA) is 72.6 Å². The summed E-state index contributed by atoms with van der Waals surface area (Å²) in [5.41, 5.74) is 3.89. The second-order valence-corrected chi connectivity index (χ2v) is 7.17. The molecular weight excluding hydrogens is 378 g/mol. The normalized spacial score (nSPS) is 11.0. The third-order valence-corrected chi connectivity index (χ3v) is 5.13. The molecule has 0 aliphatic carbocycles. The number of hydrogen-bond acceptors (Lipinski definition) is 4. The van der Waals surface area contributed by atoms with Crippen LogP contribution >= 0.6 is 0 Å². The monoisotopic (exact) mass is 401 g/mol. The largest absolute Gasteiger partial charge is 0.492 e. The molecule has 0 saturated carbocycles. The van der Waals surface area contributed by atoms with Crippen molar-refractivity contribution < 1.29 is 19.1 Å². The van der Waals surface area contributed by atoms with Crippen molar-refractivity contribution in [3.63, 3.8) is 0 Å². The van der Waals surface area contributed by atoms with Gasteiger partial charge in [0.1, 0.15) is 17.3 Å². The Hall–Kier alpha value is -3.60. The zero-order valence-electron chi connectivity index (χ0n) is 16.8. The lowest BCUT2D eigenvalue weighted by Crippen LogP contribution is -2.03. The Morgan fingerprint density at radius 3 is 2.67 bits per heavy atom. The average Bonchev–Trinajstić information content (AvgIpc) is 3.13. The van der Waals surface area contributed by atoms with Crippen LogP contribution in [-0.4, -0.2) is 22.7 Å². The number of pyridine rings is 1. The number of aliphatic carboxylic acids is 1. The van der Waals surface area contributed by atoms with Gasteiger partial charge < -0.3 is 14.3 Å². The SMILES string of the molecule is Cc1oc(-c2ccccc2)cc1CCOc1ccnc2c(CCC(=O)O)cccc12. The van der Waals surface area contributed by atoms with Gasteiger partial charge >= 0.3 is 5.97 Å². The molecule has 0 fully saturated rings. The van der Waals surface area contributed by atoms with E-state index in [1.807, 2.05) is 61.5 Å². The number of nitrogens with zero attached hydrogens (tertiary/aromatic N) is 1. The van der Waals surface area contributed by atoms with Crippen LogP contribution < -0.4 is 4.74 Å². The molecule has 152 valence electrons. The van der Waals surface area contributed by atoms with Crippen LogP contribution in [0.3, 0.4) is 0 Å². The molecule has 5 heteroatoms. The van der Waals surface area contributed by atoms with Gasteiger partial charge in [0, 0.05) is 30.0 Å². The number of hydrogen-bond donors (Lipinski definition) is 1. The Morgan fingerprint density at radius 1 is 1.03 bits per heavy atom. The van der Waals surface area contributed by atoms with E-state index >= 15 is 0 Å². The van der Waals surface area contributed by atoms with Crippen molar-refractivity contribution in [3.05, 3.63) is 83.7 Å². The van der Waals surface area contributed by atoms with Crippen molar-refractivity contribution in [1.29, 1.82) is 0 Å². The summed E-state index contributed by atoms with van der Waals surface area (Å²) in [6.07, 6.45) is 2.96. The summed E-state index contributed by atoms with van der Waals surface area (Å²) in [7, 11) is 0. The number of para-hydroxylation sites is 1. The van der Waals surface area contributed by atoms with Crippen molar-refractivity contribution in [1.82, 2.24) is 4.98 Å². The molecular formula is C25H23NO4. The Kier molecular flexibility index (Phi) is 5.80. The highest BCUT2D eigenvalue weighted by atomic mass is 16.5. The smallest absolute Gasteiger partial charge is 0.303 e. The van der Waals surface area contributed by atoms with E-state index in [1.165, 1.54) is 0 Å². The third kappa shape index (κ3) is 4.35. The van der Waals surface area contributed by atoms with E-state index in [9.17, 15) is 4.79 Å². The molecule has 0 saturated heterocycles. The maximum Gasteiger partial charge on any atom is 0.303 e. The van der Waals surface area contributed by atoms with Gasteiger partial charge in [0.2, 0.25) is 0 Å². The average molecular weight is 401 g/mol. The van der Waals surface area contributed by atoms with Gasteiger partial charge in [0.25, 0.3) is 0 Å². The van der Waals surface area contributed by atoms with Gasteiger partial charge in [0.05, 0.1) is 12.1 Å². The molecule has 4 rings (SSSR count). The van der Waals surface area contributed by atoms with Crippen molar-refractivity contribution in [2.75, 3.05) is 6.61 Å². The molecule has 30 heavy (non-hydrogen) atoms. The highest BCUT2D eigenvalue weighted by molar-refractivity contribution is 5.87. The number of furan rings is 1. The Balaban J connectivity index is 1.47. The van der Waals surface area contributed by atoms with Gasteiger partial charge in [-0.05, 0) is 42.7 Å². The van der Waals surface area contributed by atoms with Crippen LogP contribution in [0.4, 0.5) is 0 Å². The lowest BCUT2D eigenvalue weighted by molar-refractivity contribution is -0.136. The fourth-order valence-corrected chi connectivity index (χ4v) is 3.56. The summed E-state index contributed by atoms with van der Waals surface area (Å²) >= 11 is 0. The predicted molar refractivity (Wildman–Crippen MR) is 116 cm³/mol. The molecule has 0 spiro atoms. The fraction of sp³-hybridized carbons (Fsp3) is 0.200. The minimum Gasteiger partial charge on any atom is -0.492 e. The minimum atomic E-state index is -0.815. The van der Waals surface area contributed by atoms with Crippen LogP contribution in [0.25, 0.3) is 22.2 Å². The van der Waals surface area contributed by atoms with E-state index in [0.717, 1.165) is 51.3 Å². The Morgan fingerprint density at radius 2 is 1.87 bits per heavy atom. The van der Waals surface area contributed by atoms with E-state index in [2.05, 4.69) is 11.1 Å². The molecule has 4 aromatic rings. The summed E-state index contributed by atoms with van der Waals surface area (Å²) in [5.74, 6) is 1.69. The van der Waals surface area contributed by atoms with E-state index in [-0.39, 0.29) is 6.42 Å². The van der Waals surface area contributed by atoms with Gasteiger partial charge in [-0.3, -0.25) is 9.78 Å². The molecule has 0 bridgehead atoms. The molecule has 2 aromatic heterocycles. The molecule has 0 radical (unpaired) electrons. The van der Waals surface area contributed by atoms with Crippen molar-refractivity contribution in [3.8, 4) is 17.1 Å². The van der Waals surface area contributed by atoms with E-state index < -0.39 is 5.97 Å². The minimum absolute atomic E-state index is 0.0788. The first kappa shape index (κ1) is 19.7. The molecule has 1 N–H and O–H groups in total. The highest BCUT2D eigenvalue weighted by Crippen LogP contribution is 2.28. The van der Waals surface area contributed by atoms with Gasteiger partial charge in [-0.1, -0.05) is 42.5 Å². The summed E-state index contributed by atoms with van der Waals surface area (Å²) < 4.78 is 12.0. The highest BCUT2D eigenvalue weighted by Gasteiger charge is 2.11. The maximum atomic E-state index is 10.9. The Bertz CT molecular complexity index is 1160. The van der Waals surface area contributed by atoms with E-state index in [4.69, 9.17) is 14.3 Å². The molecule has 0 atom stereocenters. The van der Waals surface area contributed by atoms with Crippen LogP contribution in [0.5, 0.6) is 5.75 Å². The second-order valence-electron chi connectivity index (χ2n) is 7.17. The number of aromatic nitrogens is 1. The van der Waals surface area contributed by atoms with Crippen molar-refractivity contribution >= 4 is 16.9 Å². The van der Waals surface area contributed by atoms with Crippen LogP contribution in [0, 0.1) is 6.92 Å². The van der Waals surface area contributed by atoms with Crippen LogP contribution in [0.2, 0.25) is 0 Å². The van der Waals surface area contributed by atoms with Crippen LogP contribution in [0.15, 0.2) is 71.3 Å². The fourth-order valence-electron chi connectivity index (χ4n) is 3.56. The van der Waals surface area contributed by atoms with Crippen molar-refractivity contribution in [2.45, 2.75) is 26.2 Å². The van der Waals surface area contributed by atoms with Crippen LogP contribution in [0.1, 0.15) is 23.3 Å². The maximum absolute atomic E-state index is 10.9. The number of carbonyl (C=O) groups is 1. The molecule has 0 aliphatic rings. The number of ether oxygens (including phenoxy) is 1. The lowest BCUT2D eigenvalue weighted by atomic mass is 10.0. The van der Waals surface area contributed by atoms with Crippen molar-refractivity contribution in [2.24, 2.45) is 0 Å². The molecule has 0 amide bonds. The lowest BCUT2D eigenvalue weighted by Gasteiger charge is -2.11. The summed E-state index contributed by atoms with van der Waals surface area (Å²) in [4.78, 5) is 15.4. The van der Waals surface area contributed by atoms with Gasteiger partial charge in [0.15, 0.2) is 0 Å². The molecule has 2 heterocycles. The van der Waals surface area contributed by atoms with Gasteiger partial charge in [-0.2, -0.15) is 0 Å². The summed E-state index contributed by atoms with van der Waals surface area (Å²) in [5, 5.41) is 9.87. The number of carboxylic acid groups (broad SMARTS) is 1. The van der Waals surface area contributed by atoms with Gasteiger partial charge in [-0.25, -0.2) is 0 Å². The molecule has 0 unspecified atom stereocenters. The molecule has 5 nitrogen and oxygen atoms in total. The van der Waals surface area contributed by atoms with E-state index in [0.29, 0.717) is 13.0 Å². The first-order valence-corrected chi connectivity index (χ1v) is 9.98.